The Morgan fingerprint density at radius 2 is 1.86 bits per heavy atom. The van der Waals surface area contributed by atoms with Crippen molar-refractivity contribution >= 4 is 28.6 Å². The van der Waals surface area contributed by atoms with Gasteiger partial charge in [-0.25, -0.2) is 9.37 Å². The minimum atomic E-state index is -0.482. The SMILES string of the molecule is CC(C)c1ccc(-n2c(N)nc3cc(Cl)c(F)cc32)cc1. The molecule has 1 heterocycles. The van der Waals surface area contributed by atoms with Crippen molar-refractivity contribution in [1.82, 2.24) is 9.55 Å². The number of anilines is 1. The maximum atomic E-state index is 13.7. The number of benzene rings is 2. The smallest absolute Gasteiger partial charge is 0.205 e. The molecular weight excluding hydrogens is 289 g/mol. The summed E-state index contributed by atoms with van der Waals surface area (Å²) in [5.74, 6) is 0.278. The molecule has 0 radical (unpaired) electrons. The van der Waals surface area contributed by atoms with Gasteiger partial charge in [-0.1, -0.05) is 37.6 Å². The molecule has 0 fully saturated rings. The number of nitrogen functional groups attached to an aromatic ring is 1. The zero-order valence-corrected chi connectivity index (χ0v) is 12.5. The lowest BCUT2D eigenvalue weighted by atomic mass is 10.0. The molecule has 0 unspecified atom stereocenters. The summed E-state index contributed by atoms with van der Waals surface area (Å²) < 4.78 is 15.4. The molecule has 0 bridgehead atoms. The van der Waals surface area contributed by atoms with Gasteiger partial charge >= 0.3 is 0 Å². The minimum Gasteiger partial charge on any atom is -0.369 e. The van der Waals surface area contributed by atoms with Crippen LogP contribution >= 0.6 is 11.6 Å². The first-order valence-corrected chi connectivity index (χ1v) is 7.08. The molecule has 0 aliphatic rings. The van der Waals surface area contributed by atoms with Gasteiger partial charge in [-0.2, -0.15) is 0 Å². The van der Waals surface area contributed by atoms with E-state index in [1.54, 1.807) is 4.57 Å². The quantitative estimate of drug-likeness (QED) is 0.756. The first-order valence-electron chi connectivity index (χ1n) is 6.70. The van der Waals surface area contributed by atoms with Crippen LogP contribution in [0.1, 0.15) is 25.3 Å². The van der Waals surface area contributed by atoms with E-state index in [0.29, 0.717) is 22.9 Å². The number of nitrogens with zero attached hydrogens (tertiary/aromatic N) is 2. The van der Waals surface area contributed by atoms with Crippen LogP contribution in [0, 0.1) is 5.82 Å². The van der Waals surface area contributed by atoms with Crippen LogP contribution in [0.4, 0.5) is 10.3 Å². The molecule has 0 amide bonds. The van der Waals surface area contributed by atoms with Crippen molar-refractivity contribution in [3.8, 4) is 5.69 Å². The molecule has 0 saturated heterocycles. The van der Waals surface area contributed by atoms with Crippen LogP contribution in [0.15, 0.2) is 36.4 Å². The second-order valence-corrected chi connectivity index (χ2v) is 5.71. The highest BCUT2D eigenvalue weighted by Crippen LogP contribution is 2.28. The predicted molar refractivity (Wildman–Crippen MR) is 84.5 cm³/mol. The zero-order chi connectivity index (χ0) is 15.1. The lowest BCUT2D eigenvalue weighted by Crippen LogP contribution is -2.01. The fourth-order valence-electron chi connectivity index (χ4n) is 2.37. The Hall–Kier alpha value is -2.07. The van der Waals surface area contributed by atoms with Gasteiger partial charge in [0, 0.05) is 11.8 Å². The van der Waals surface area contributed by atoms with Crippen LogP contribution in [-0.4, -0.2) is 9.55 Å². The molecule has 0 atom stereocenters. The number of hydrogen-bond acceptors (Lipinski definition) is 2. The van der Waals surface area contributed by atoms with E-state index in [1.165, 1.54) is 17.7 Å². The number of nitrogens with two attached hydrogens (primary N) is 1. The third-order valence-electron chi connectivity index (χ3n) is 3.54. The van der Waals surface area contributed by atoms with E-state index in [2.05, 4.69) is 18.8 Å². The first kappa shape index (κ1) is 13.9. The van der Waals surface area contributed by atoms with E-state index in [4.69, 9.17) is 17.3 Å². The van der Waals surface area contributed by atoms with Crippen LogP contribution in [0.25, 0.3) is 16.7 Å². The molecule has 0 saturated carbocycles. The normalized spacial score (nSPS) is 11.5. The van der Waals surface area contributed by atoms with Gasteiger partial charge in [0.25, 0.3) is 0 Å². The average molecular weight is 304 g/mol. The molecule has 0 aliphatic heterocycles. The van der Waals surface area contributed by atoms with Gasteiger partial charge in [-0.15, -0.1) is 0 Å². The van der Waals surface area contributed by atoms with Gasteiger partial charge in [0.05, 0.1) is 16.1 Å². The van der Waals surface area contributed by atoms with Gasteiger partial charge in [0.1, 0.15) is 5.82 Å². The highest BCUT2D eigenvalue weighted by atomic mass is 35.5. The Labute approximate surface area is 127 Å². The first-order chi connectivity index (χ1) is 9.97. The molecular formula is C16H15ClFN3. The molecule has 1 aromatic heterocycles. The Bertz CT molecular complexity index is 806. The van der Waals surface area contributed by atoms with E-state index in [9.17, 15) is 4.39 Å². The molecule has 2 aromatic carbocycles. The van der Waals surface area contributed by atoms with E-state index in [1.807, 2.05) is 24.3 Å². The second kappa shape index (κ2) is 5.04. The predicted octanol–water partition coefficient (Wildman–Crippen LogP) is 4.52. The molecule has 2 N–H and O–H groups in total. The van der Waals surface area contributed by atoms with Gasteiger partial charge in [-0.05, 0) is 29.7 Å². The van der Waals surface area contributed by atoms with Gasteiger partial charge in [-0.3, -0.25) is 4.57 Å². The van der Waals surface area contributed by atoms with Crippen LogP contribution in [-0.2, 0) is 0 Å². The fourth-order valence-corrected chi connectivity index (χ4v) is 2.53. The molecule has 3 rings (SSSR count). The number of rotatable bonds is 2. The molecule has 3 nitrogen and oxygen atoms in total. The highest BCUT2D eigenvalue weighted by molar-refractivity contribution is 6.31. The van der Waals surface area contributed by atoms with Crippen molar-refractivity contribution in [2.24, 2.45) is 0 Å². The molecule has 5 heteroatoms. The monoisotopic (exact) mass is 303 g/mol. The van der Waals surface area contributed by atoms with Crippen molar-refractivity contribution in [2.45, 2.75) is 19.8 Å². The Kier molecular flexibility index (Phi) is 3.33. The summed E-state index contributed by atoms with van der Waals surface area (Å²) in [6.45, 7) is 4.26. The van der Waals surface area contributed by atoms with Crippen LogP contribution in [0.5, 0.6) is 0 Å². The van der Waals surface area contributed by atoms with E-state index in [-0.39, 0.29) is 5.02 Å². The van der Waals surface area contributed by atoms with Gasteiger partial charge < -0.3 is 5.73 Å². The molecule has 21 heavy (non-hydrogen) atoms. The molecule has 3 aromatic rings. The summed E-state index contributed by atoms with van der Waals surface area (Å²) in [4.78, 5) is 4.24. The third-order valence-corrected chi connectivity index (χ3v) is 3.83. The Morgan fingerprint density at radius 1 is 1.19 bits per heavy atom. The summed E-state index contributed by atoms with van der Waals surface area (Å²) in [7, 11) is 0. The summed E-state index contributed by atoms with van der Waals surface area (Å²) in [6.07, 6.45) is 0. The maximum absolute atomic E-state index is 13.7. The molecule has 0 spiro atoms. The lowest BCUT2D eigenvalue weighted by Gasteiger charge is -2.09. The van der Waals surface area contributed by atoms with E-state index < -0.39 is 5.82 Å². The van der Waals surface area contributed by atoms with E-state index in [0.717, 1.165) is 5.69 Å². The fraction of sp³-hybridized carbons (Fsp3) is 0.188. The van der Waals surface area contributed by atoms with Crippen molar-refractivity contribution in [1.29, 1.82) is 0 Å². The summed E-state index contributed by atoms with van der Waals surface area (Å²) >= 11 is 5.79. The van der Waals surface area contributed by atoms with Crippen molar-refractivity contribution in [3.05, 3.63) is 52.8 Å². The van der Waals surface area contributed by atoms with Gasteiger partial charge in [0.2, 0.25) is 5.95 Å². The van der Waals surface area contributed by atoms with Crippen LogP contribution in [0.3, 0.4) is 0 Å². The molecule has 0 aliphatic carbocycles. The largest absolute Gasteiger partial charge is 0.369 e. The maximum Gasteiger partial charge on any atom is 0.205 e. The standard InChI is InChI=1S/C16H15ClFN3/c1-9(2)10-3-5-11(6-4-10)21-15-8-13(18)12(17)7-14(15)20-16(21)19/h3-9H,1-2H3,(H2,19,20). The summed E-state index contributed by atoms with van der Waals surface area (Å²) in [5.41, 5.74) is 9.23. The minimum absolute atomic E-state index is 0.0438. The number of fused-ring (bicyclic) bond motifs is 1. The summed E-state index contributed by atoms with van der Waals surface area (Å²) in [5, 5.41) is 0.0438. The lowest BCUT2D eigenvalue weighted by molar-refractivity contribution is 0.629. The summed E-state index contributed by atoms with van der Waals surface area (Å²) in [6, 6.07) is 10.8. The topological polar surface area (TPSA) is 43.8 Å². The van der Waals surface area contributed by atoms with E-state index >= 15 is 0 Å². The average Bonchev–Trinajstić information content (AvgIpc) is 2.75. The number of imidazole rings is 1. The second-order valence-electron chi connectivity index (χ2n) is 5.31. The third kappa shape index (κ3) is 2.36. The van der Waals surface area contributed by atoms with Crippen LogP contribution in [0.2, 0.25) is 5.02 Å². The molecule has 108 valence electrons. The zero-order valence-electron chi connectivity index (χ0n) is 11.8. The number of halogens is 2. The number of hydrogen-bond donors (Lipinski definition) is 1. The Morgan fingerprint density at radius 3 is 2.48 bits per heavy atom. The number of aromatic nitrogens is 2. The Balaban J connectivity index is 2.19. The van der Waals surface area contributed by atoms with Crippen molar-refractivity contribution in [2.75, 3.05) is 5.73 Å². The highest BCUT2D eigenvalue weighted by Gasteiger charge is 2.13. The van der Waals surface area contributed by atoms with Crippen molar-refractivity contribution in [3.63, 3.8) is 0 Å². The van der Waals surface area contributed by atoms with Crippen LogP contribution < -0.4 is 5.73 Å². The van der Waals surface area contributed by atoms with Crippen molar-refractivity contribution < 1.29 is 4.39 Å². The van der Waals surface area contributed by atoms with Gasteiger partial charge in [0.15, 0.2) is 0 Å².